The van der Waals surface area contributed by atoms with E-state index in [2.05, 4.69) is 15.9 Å². The first-order chi connectivity index (χ1) is 11.5. The summed E-state index contributed by atoms with van der Waals surface area (Å²) in [6, 6.07) is 13.4. The molecular weight excluding hydrogens is 412 g/mol. The van der Waals surface area contributed by atoms with Crippen LogP contribution in [0.5, 0.6) is 0 Å². The van der Waals surface area contributed by atoms with E-state index in [0.29, 0.717) is 14.9 Å². The average molecular weight is 421 g/mol. The number of amides is 1. The van der Waals surface area contributed by atoms with Crippen LogP contribution in [0.15, 0.2) is 57.9 Å². The Labute approximate surface area is 155 Å². The molecule has 2 aromatic rings. The van der Waals surface area contributed by atoms with Crippen molar-refractivity contribution in [2.24, 2.45) is 0 Å². The van der Waals surface area contributed by atoms with E-state index in [-0.39, 0.29) is 11.6 Å². The fourth-order valence-electron chi connectivity index (χ4n) is 2.17. The van der Waals surface area contributed by atoms with Gasteiger partial charge in [0.25, 0.3) is 11.6 Å². The van der Waals surface area contributed by atoms with Crippen molar-refractivity contribution in [1.82, 2.24) is 0 Å². The lowest BCUT2D eigenvalue weighted by molar-refractivity contribution is -0.384. The fourth-order valence-corrected chi connectivity index (χ4v) is 3.86. The van der Waals surface area contributed by atoms with Gasteiger partial charge in [0.1, 0.15) is 0 Å². The molecule has 1 fully saturated rings. The molecule has 0 bridgehead atoms. The maximum Gasteiger partial charge on any atom is 0.271 e. The number of hydrogen-bond donors (Lipinski definition) is 0. The predicted octanol–water partition coefficient (Wildman–Crippen LogP) is 4.76. The summed E-state index contributed by atoms with van der Waals surface area (Å²) in [6.07, 6.45) is 1.75. The summed E-state index contributed by atoms with van der Waals surface area (Å²) >= 11 is 9.89. The van der Waals surface area contributed by atoms with Crippen LogP contribution in [0.2, 0.25) is 0 Å². The number of nitro groups is 1. The van der Waals surface area contributed by atoms with Crippen molar-refractivity contribution in [2.45, 2.75) is 0 Å². The van der Waals surface area contributed by atoms with Crippen LogP contribution in [0.25, 0.3) is 6.08 Å². The fraction of sp³-hybridized carbons (Fsp3) is 0. The highest BCUT2D eigenvalue weighted by Gasteiger charge is 2.34. The van der Waals surface area contributed by atoms with Gasteiger partial charge >= 0.3 is 0 Å². The van der Waals surface area contributed by atoms with Crippen LogP contribution in [0.1, 0.15) is 5.56 Å². The number of non-ortho nitro benzene ring substituents is 1. The molecule has 1 amide bonds. The Bertz CT molecular complexity index is 898. The summed E-state index contributed by atoms with van der Waals surface area (Å²) in [7, 11) is 0. The number of carbonyl (C=O) groups excluding carboxylic acids is 1. The molecule has 8 heteroatoms. The van der Waals surface area contributed by atoms with Crippen LogP contribution in [-0.4, -0.2) is 15.2 Å². The molecule has 0 saturated carbocycles. The maximum absolute atomic E-state index is 12.7. The van der Waals surface area contributed by atoms with Crippen LogP contribution in [0, 0.1) is 10.1 Å². The number of nitrogens with zero attached hydrogens (tertiary/aromatic N) is 2. The van der Waals surface area contributed by atoms with Crippen molar-refractivity contribution < 1.29 is 9.72 Å². The zero-order chi connectivity index (χ0) is 17.3. The second-order valence-corrected chi connectivity index (χ2v) is 7.35. The van der Waals surface area contributed by atoms with Crippen LogP contribution in [0.4, 0.5) is 11.4 Å². The van der Waals surface area contributed by atoms with Crippen molar-refractivity contribution in [3.05, 3.63) is 73.6 Å². The number of nitro benzene ring substituents is 1. The van der Waals surface area contributed by atoms with Gasteiger partial charge in [0.2, 0.25) is 0 Å². The van der Waals surface area contributed by atoms with E-state index in [1.807, 2.05) is 24.3 Å². The van der Waals surface area contributed by atoms with Gasteiger partial charge in [-0.3, -0.25) is 19.8 Å². The third kappa shape index (κ3) is 3.26. The normalized spacial score (nSPS) is 16.0. The van der Waals surface area contributed by atoms with Gasteiger partial charge in [-0.05, 0) is 23.8 Å². The third-order valence-electron chi connectivity index (χ3n) is 3.28. The first-order valence-corrected chi connectivity index (χ1v) is 8.76. The maximum atomic E-state index is 12.7. The molecule has 2 aromatic carbocycles. The Morgan fingerprint density at radius 3 is 2.67 bits per heavy atom. The number of thioether (sulfide) groups is 1. The van der Waals surface area contributed by atoms with E-state index < -0.39 is 4.92 Å². The van der Waals surface area contributed by atoms with Crippen molar-refractivity contribution in [1.29, 1.82) is 0 Å². The lowest BCUT2D eigenvalue weighted by Gasteiger charge is -2.13. The van der Waals surface area contributed by atoms with Crippen molar-refractivity contribution in [3.63, 3.8) is 0 Å². The molecule has 1 aliphatic heterocycles. The van der Waals surface area contributed by atoms with E-state index >= 15 is 0 Å². The lowest BCUT2D eigenvalue weighted by Crippen LogP contribution is -2.27. The van der Waals surface area contributed by atoms with Crippen molar-refractivity contribution in [3.8, 4) is 0 Å². The molecule has 5 nitrogen and oxygen atoms in total. The Morgan fingerprint density at radius 1 is 1.21 bits per heavy atom. The SMILES string of the molecule is O=C1/C(=C/c2ccccc2Br)SC(=S)N1c1cccc([N+](=O)[O-])c1. The minimum atomic E-state index is -0.502. The molecular formula is C16H9BrN2O3S2. The quantitative estimate of drug-likeness (QED) is 0.309. The van der Waals surface area contributed by atoms with E-state index in [9.17, 15) is 14.9 Å². The number of halogens is 1. The summed E-state index contributed by atoms with van der Waals surface area (Å²) < 4.78 is 1.21. The average Bonchev–Trinajstić information content (AvgIpc) is 2.83. The van der Waals surface area contributed by atoms with Gasteiger partial charge < -0.3 is 0 Å². The minimum absolute atomic E-state index is 0.0867. The molecule has 3 rings (SSSR count). The standard InChI is InChI=1S/C16H9BrN2O3S2/c17-13-7-2-1-4-10(13)8-14-15(20)18(16(23)24-14)11-5-3-6-12(9-11)19(21)22/h1-9H/b14-8-. The summed E-state index contributed by atoms with van der Waals surface area (Å²) in [5.41, 5.74) is 1.16. The second kappa shape index (κ2) is 6.84. The first kappa shape index (κ1) is 16.8. The number of benzene rings is 2. The van der Waals surface area contributed by atoms with Crippen molar-refractivity contribution >= 4 is 67.6 Å². The molecule has 0 N–H and O–H groups in total. The molecule has 0 unspecified atom stereocenters. The first-order valence-electron chi connectivity index (χ1n) is 6.74. The molecule has 0 aliphatic carbocycles. The lowest BCUT2D eigenvalue weighted by atomic mass is 10.2. The highest BCUT2D eigenvalue weighted by Crippen LogP contribution is 2.37. The topological polar surface area (TPSA) is 63.5 Å². The Kier molecular flexibility index (Phi) is 4.79. The molecule has 0 radical (unpaired) electrons. The zero-order valence-electron chi connectivity index (χ0n) is 12.0. The van der Waals surface area contributed by atoms with Crippen LogP contribution in [0.3, 0.4) is 0 Å². The largest absolute Gasteiger partial charge is 0.271 e. The Morgan fingerprint density at radius 2 is 1.96 bits per heavy atom. The molecule has 1 aliphatic rings. The molecule has 0 atom stereocenters. The molecule has 1 saturated heterocycles. The summed E-state index contributed by atoms with van der Waals surface area (Å²) in [5, 5.41) is 10.9. The molecule has 120 valence electrons. The predicted molar refractivity (Wildman–Crippen MR) is 103 cm³/mol. The highest BCUT2D eigenvalue weighted by molar-refractivity contribution is 9.10. The third-order valence-corrected chi connectivity index (χ3v) is 5.31. The van der Waals surface area contributed by atoms with Crippen LogP contribution < -0.4 is 4.90 Å². The van der Waals surface area contributed by atoms with Crippen molar-refractivity contribution in [2.75, 3.05) is 4.90 Å². The van der Waals surface area contributed by atoms with E-state index in [4.69, 9.17) is 12.2 Å². The monoisotopic (exact) mass is 420 g/mol. The van der Waals surface area contributed by atoms with Crippen LogP contribution >= 0.6 is 39.9 Å². The Hall–Kier alpha value is -2.03. The molecule has 0 spiro atoms. The number of rotatable bonds is 3. The molecule has 1 heterocycles. The Balaban J connectivity index is 1.97. The van der Waals surface area contributed by atoms with E-state index in [1.54, 1.807) is 12.1 Å². The van der Waals surface area contributed by atoms with Gasteiger partial charge in [-0.25, -0.2) is 0 Å². The second-order valence-electron chi connectivity index (χ2n) is 4.82. The van der Waals surface area contributed by atoms with E-state index in [0.717, 1.165) is 10.0 Å². The zero-order valence-corrected chi connectivity index (χ0v) is 15.2. The minimum Gasteiger partial charge on any atom is -0.268 e. The van der Waals surface area contributed by atoms with Gasteiger partial charge in [-0.2, -0.15) is 0 Å². The van der Waals surface area contributed by atoms with Gasteiger partial charge in [0.15, 0.2) is 4.32 Å². The smallest absolute Gasteiger partial charge is 0.268 e. The number of hydrogen-bond acceptors (Lipinski definition) is 5. The number of carbonyl (C=O) groups is 1. The van der Waals surface area contributed by atoms with Gasteiger partial charge in [0.05, 0.1) is 15.5 Å². The van der Waals surface area contributed by atoms with E-state index in [1.165, 1.54) is 34.9 Å². The van der Waals surface area contributed by atoms with Gasteiger partial charge in [0, 0.05) is 16.6 Å². The summed E-state index contributed by atoms with van der Waals surface area (Å²) in [4.78, 5) is 24.9. The van der Waals surface area contributed by atoms with Crippen LogP contribution in [-0.2, 0) is 4.79 Å². The number of anilines is 1. The van der Waals surface area contributed by atoms with Gasteiger partial charge in [-0.15, -0.1) is 0 Å². The molecule has 24 heavy (non-hydrogen) atoms. The molecule has 0 aromatic heterocycles. The highest BCUT2D eigenvalue weighted by atomic mass is 79.9. The number of thiocarbonyl (C=S) groups is 1. The van der Waals surface area contributed by atoms with Gasteiger partial charge in [-0.1, -0.05) is 64.2 Å². The summed E-state index contributed by atoms with van der Waals surface area (Å²) in [5.74, 6) is -0.291. The summed E-state index contributed by atoms with van der Waals surface area (Å²) in [6.45, 7) is 0.